The van der Waals surface area contributed by atoms with Crippen LogP contribution in [0.1, 0.15) is 10.4 Å². The number of esters is 1. The molecule has 0 spiro atoms. The maximum absolute atomic E-state index is 12.8. The molecule has 2 aromatic carbocycles. The molecule has 3 rings (SSSR count). The summed E-state index contributed by atoms with van der Waals surface area (Å²) in [6.07, 6.45) is 0. The van der Waals surface area contributed by atoms with Crippen LogP contribution in [0.4, 0.5) is 5.69 Å². The number of carbonyl (C=O) groups is 1. The maximum Gasteiger partial charge on any atom is 0.339 e. The van der Waals surface area contributed by atoms with Gasteiger partial charge in [-0.1, -0.05) is 35.9 Å². The third-order valence-electron chi connectivity index (χ3n) is 4.34. The predicted molar refractivity (Wildman–Crippen MR) is 100 cm³/mol. The highest BCUT2D eigenvalue weighted by Crippen LogP contribution is 2.27. The zero-order chi connectivity index (χ0) is 18.7. The molecule has 0 bridgehead atoms. The van der Waals surface area contributed by atoms with Crippen molar-refractivity contribution in [3.8, 4) is 0 Å². The fourth-order valence-electron chi connectivity index (χ4n) is 2.99. The number of hydrogen-bond acceptors (Lipinski definition) is 5. The number of carbonyl (C=O) groups excluding carboxylic acids is 1. The topological polar surface area (TPSA) is 66.9 Å². The van der Waals surface area contributed by atoms with Crippen molar-refractivity contribution in [2.75, 3.05) is 38.2 Å². The van der Waals surface area contributed by atoms with Crippen LogP contribution < -0.4 is 4.90 Å². The number of rotatable bonds is 4. The number of nitrogens with zero attached hydrogens (tertiary/aromatic N) is 2. The van der Waals surface area contributed by atoms with E-state index >= 15 is 0 Å². The van der Waals surface area contributed by atoms with Gasteiger partial charge in [0.1, 0.15) is 4.90 Å². The minimum Gasteiger partial charge on any atom is -0.465 e. The van der Waals surface area contributed by atoms with Crippen LogP contribution in [0, 0.1) is 0 Å². The van der Waals surface area contributed by atoms with Gasteiger partial charge >= 0.3 is 5.97 Å². The predicted octanol–water partition coefficient (Wildman–Crippen LogP) is 2.64. The SMILES string of the molecule is COC(=O)c1ccccc1N1CCN(S(=O)(=O)c2ccccc2Cl)CC1. The second kappa shape index (κ2) is 7.65. The van der Waals surface area contributed by atoms with Gasteiger partial charge in [0.25, 0.3) is 0 Å². The molecule has 0 aliphatic carbocycles. The summed E-state index contributed by atoms with van der Waals surface area (Å²) in [5.74, 6) is -0.410. The van der Waals surface area contributed by atoms with Crippen LogP contribution in [0.15, 0.2) is 53.4 Å². The number of halogens is 1. The van der Waals surface area contributed by atoms with Crippen molar-refractivity contribution in [1.82, 2.24) is 4.31 Å². The van der Waals surface area contributed by atoms with Gasteiger partial charge in [0, 0.05) is 26.2 Å². The van der Waals surface area contributed by atoms with E-state index in [-0.39, 0.29) is 9.92 Å². The summed E-state index contributed by atoms with van der Waals surface area (Å²) in [6.45, 7) is 1.56. The molecule has 0 unspecified atom stereocenters. The highest BCUT2D eigenvalue weighted by molar-refractivity contribution is 7.89. The van der Waals surface area contributed by atoms with Crippen LogP contribution in [-0.4, -0.2) is 52.0 Å². The smallest absolute Gasteiger partial charge is 0.339 e. The van der Waals surface area contributed by atoms with E-state index in [4.69, 9.17) is 16.3 Å². The number of ether oxygens (including phenoxy) is 1. The van der Waals surface area contributed by atoms with Crippen molar-refractivity contribution >= 4 is 33.3 Å². The van der Waals surface area contributed by atoms with Crippen molar-refractivity contribution < 1.29 is 17.9 Å². The molecule has 6 nitrogen and oxygen atoms in total. The number of anilines is 1. The van der Waals surface area contributed by atoms with Crippen molar-refractivity contribution in [3.05, 3.63) is 59.1 Å². The van der Waals surface area contributed by atoms with Gasteiger partial charge in [-0.05, 0) is 24.3 Å². The zero-order valence-electron chi connectivity index (χ0n) is 14.3. The van der Waals surface area contributed by atoms with E-state index in [1.807, 2.05) is 17.0 Å². The molecule has 1 heterocycles. The van der Waals surface area contributed by atoms with Crippen molar-refractivity contribution in [3.63, 3.8) is 0 Å². The number of benzene rings is 2. The molecule has 2 aromatic rings. The Labute approximate surface area is 158 Å². The Morgan fingerprint density at radius 1 is 1.00 bits per heavy atom. The fraction of sp³-hybridized carbons (Fsp3) is 0.278. The fourth-order valence-corrected chi connectivity index (χ4v) is 4.91. The Morgan fingerprint density at radius 2 is 1.62 bits per heavy atom. The van der Waals surface area contributed by atoms with Crippen molar-refractivity contribution in [2.24, 2.45) is 0 Å². The second-order valence-corrected chi connectivity index (χ2v) is 8.14. The number of para-hydroxylation sites is 1. The van der Waals surface area contributed by atoms with Crippen LogP contribution in [0.25, 0.3) is 0 Å². The molecular formula is C18H19ClN2O4S. The maximum atomic E-state index is 12.8. The van der Waals surface area contributed by atoms with E-state index < -0.39 is 16.0 Å². The zero-order valence-corrected chi connectivity index (χ0v) is 15.8. The Bertz CT molecular complexity index is 909. The van der Waals surface area contributed by atoms with Gasteiger partial charge in [-0.15, -0.1) is 0 Å². The molecule has 0 saturated carbocycles. The van der Waals surface area contributed by atoms with Gasteiger partial charge in [-0.3, -0.25) is 0 Å². The third kappa shape index (κ3) is 3.56. The van der Waals surface area contributed by atoms with Crippen molar-refractivity contribution in [1.29, 1.82) is 0 Å². The average Bonchev–Trinajstić information content (AvgIpc) is 2.67. The second-order valence-electron chi connectivity index (χ2n) is 5.83. The van der Waals surface area contributed by atoms with E-state index in [0.717, 1.165) is 5.69 Å². The lowest BCUT2D eigenvalue weighted by Gasteiger charge is -2.36. The molecule has 1 aliphatic heterocycles. The van der Waals surface area contributed by atoms with E-state index in [9.17, 15) is 13.2 Å². The summed E-state index contributed by atoms with van der Waals surface area (Å²) < 4.78 is 31.9. The Balaban J connectivity index is 1.78. The third-order valence-corrected chi connectivity index (χ3v) is 6.74. The summed E-state index contributed by atoms with van der Waals surface area (Å²) in [7, 11) is -2.31. The molecule has 0 N–H and O–H groups in total. The first-order chi connectivity index (χ1) is 12.4. The average molecular weight is 395 g/mol. The highest BCUT2D eigenvalue weighted by Gasteiger charge is 2.30. The summed E-state index contributed by atoms with van der Waals surface area (Å²) in [5.41, 5.74) is 1.21. The molecule has 0 amide bonds. The quantitative estimate of drug-likeness (QED) is 0.746. The van der Waals surface area contributed by atoms with E-state index in [0.29, 0.717) is 31.7 Å². The summed E-state index contributed by atoms with van der Waals surface area (Å²) in [6, 6.07) is 13.6. The van der Waals surface area contributed by atoms with Gasteiger partial charge in [0.15, 0.2) is 0 Å². The first-order valence-electron chi connectivity index (χ1n) is 8.12. The lowest BCUT2D eigenvalue weighted by atomic mass is 10.1. The Morgan fingerprint density at radius 3 is 2.27 bits per heavy atom. The largest absolute Gasteiger partial charge is 0.465 e. The molecule has 0 atom stereocenters. The Hall–Kier alpha value is -2.09. The van der Waals surface area contributed by atoms with Crippen LogP contribution in [-0.2, 0) is 14.8 Å². The molecule has 8 heteroatoms. The summed E-state index contributed by atoms with van der Waals surface area (Å²) in [5, 5.41) is 0.214. The number of methoxy groups -OCH3 is 1. The van der Waals surface area contributed by atoms with Gasteiger partial charge in [0.2, 0.25) is 10.0 Å². The van der Waals surface area contributed by atoms with Gasteiger partial charge in [0.05, 0.1) is 23.4 Å². The normalized spacial score (nSPS) is 15.7. The van der Waals surface area contributed by atoms with Crippen LogP contribution in [0.2, 0.25) is 5.02 Å². The Kier molecular flexibility index (Phi) is 5.50. The number of hydrogen-bond donors (Lipinski definition) is 0. The van der Waals surface area contributed by atoms with Gasteiger partial charge in [-0.25, -0.2) is 13.2 Å². The van der Waals surface area contributed by atoms with Crippen LogP contribution in [0.5, 0.6) is 0 Å². The van der Waals surface area contributed by atoms with Crippen LogP contribution in [0.3, 0.4) is 0 Å². The first kappa shape index (κ1) is 18.7. The molecule has 0 aromatic heterocycles. The lowest BCUT2D eigenvalue weighted by molar-refractivity contribution is 0.0601. The number of sulfonamides is 1. The molecular weight excluding hydrogens is 376 g/mol. The van der Waals surface area contributed by atoms with Gasteiger partial charge in [-0.2, -0.15) is 4.31 Å². The van der Waals surface area contributed by atoms with E-state index in [1.165, 1.54) is 17.5 Å². The van der Waals surface area contributed by atoms with Gasteiger partial charge < -0.3 is 9.64 Å². The first-order valence-corrected chi connectivity index (χ1v) is 9.94. The standard InChI is InChI=1S/C18H19ClN2O4S/c1-25-18(22)14-6-2-4-8-16(14)20-10-12-21(13-11-20)26(23,24)17-9-5-3-7-15(17)19/h2-9H,10-13H2,1H3. The summed E-state index contributed by atoms with van der Waals surface area (Å²) in [4.78, 5) is 14.1. The molecule has 0 radical (unpaired) electrons. The number of piperazine rings is 1. The molecule has 1 saturated heterocycles. The summed E-state index contributed by atoms with van der Waals surface area (Å²) >= 11 is 6.06. The highest BCUT2D eigenvalue weighted by atomic mass is 35.5. The molecule has 138 valence electrons. The lowest BCUT2D eigenvalue weighted by Crippen LogP contribution is -2.49. The minimum atomic E-state index is -3.65. The van der Waals surface area contributed by atoms with E-state index in [1.54, 1.807) is 30.3 Å². The molecule has 1 aliphatic rings. The van der Waals surface area contributed by atoms with Crippen molar-refractivity contribution in [2.45, 2.75) is 4.90 Å². The molecule has 26 heavy (non-hydrogen) atoms. The molecule has 1 fully saturated rings. The monoisotopic (exact) mass is 394 g/mol. The minimum absolute atomic E-state index is 0.116. The van der Waals surface area contributed by atoms with Crippen LogP contribution >= 0.6 is 11.6 Å². The van der Waals surface area contributed by atoms with E-state index in [2.05, 4.69) is 0 Å².